The largest absolute Gasteiger partial charge is 0.396 e. The maximum Gasteiger partial charge on any atom is 0.0431 e. The lowest BCUT2D eigenvalue weighted by molar-refractivity contribution is 0.282. The van der Waals surface area contributed by atoms with Crippen LogP contribution in [0.2, 0.25) is 0 Å². The molecular formula is C11H24O. The smallest absolute Gasteiger partial charge is 0.0431 e. The van der Waals surface area contributed by atoms with Crippen molar-refractivity contribution in [2.75, 3.05) is 6.61 Å². The van der Waals surface area contributed by atoms with E-state index >= 15 is 0 Å². The molecule has 0 aromatic rings. The highest BCUT2D eigenvalue weighted by atomic mass is 16.2. The summed E-state index contributed by atoms with van der Waals surface area (Å²) in [6, 6.07) is 0. The summed E-state index contributed by atoms with van der Waals surface area (Å²) in [7, 11) is 0. The lowest BCUT2D eigenvalue weighted by atomic mass is 10.1. The molecule has 0 aromatic carbocycles. The molecule has 0 spiro atoms. The number of hydrogen-bond acceptors (Lipinski definition) is 1. The third kappa shape index (κ3) is 9.96. The molecule has 0 saturated carbocycles. The summed E-state index contributed by atoms with van der Waals surface area (Å²) >= 11 is 0. The van der Waals surface area contributed by atoms with Crippen molar-refractivity contribution in [1.82, 2.24) is 0 Å². The first-order chi connectivity index (χ1) is 6.62. The molecule has 1 heteroatoms. The average molecular weight is 174 g/mol. The molecular weight excluding hydrogens is 148 g/mol. The van der Waals surface area contributed by atoms with Crippen LogP contribution in [0, 0.1) is 0 Å². The van der Waals surface area contributed by atoms with Crippen molar-refractivity contribution in [2.24, 2.45) is 0 Å². The van der Waals surface area contributed by atoms with Crippen LogP contribution in [-0.2, 0) is 0 Å². The van der Waals surface area contributed by atoms with Crippen molar-refractivity contribution in [1.29, 1.82) is 0 Å². The van der Waals surface area contributed by atoms with Crippen molar-refractivity contribution in [3.05, 3.63) is 0 Å². The number of aliphatic hydroxyl groups is 1. The Bertz CT molecular complexity index is 126. The summed E-state index contributed by atoms with van der Waals surface area (Å²) in [6.07, 6.45) is 6.37. The zero-order chi connectivity index (χ0) is 10.9. The molecule has 0 saturated heterocycles. The molecule has 12 heavy (non-hydrogen) atoms. The van der Waals surface area contributed by atoms with Crippen molar-refractivity contribution in [3.8, 4) is 0 Å². The summed E-state index contributed by atoms with van der Waals surface area (Å²) in [5, 5.41) is 8.57. The molecule has 0 heterocycles. The van der Waals surface area contributed by atoms with Gasteiger partial charge in [0.25, 0.3) is 0 Å². The van der Waals surface area contributed by atoms with E-state index in [-0.39, 0.29) is 6.61 Å². The zero-order valence-corrected chi connectivity index (χ0v) is 8.31. The summed E-state index contributed by atoms with van der Waals surface area (Å²) < 4.78 is 15.5. The van der Waals surface area contributed by atoms with Gasteiger partial charge in [0.05, 0.1) is 0 Å². The highest BCUT2D eigenvalue weighted by Gasteiger charge is 1.90. The van der Waals surface area contributed by atoms with Gasteiger partial charge >= 0.3 is 0 Å². The van der Waals surface area contributed by atoms with E-state index in [4.69, 9.17) is 7.85 Å². The molecule has 0 amide bonds. The fourth-order valence-electron chi connectivity index (χ4n) is 1.14. The number of unbranched alkanes of at least 4 members (excludes halogenated alkanes) is 4. The quantitative estimate of drug-likeness (QED) is 0.530. The molecule has 0 radical (unpaired) electrons. The first kappa shape index (κ1) is 8.55. The van der Waals surface area contributed by atoms with Gasteiger partial charge in [-0.1, -0.05) is 58.2 Å². The Labute approximate surface area is 80.0 Å². The van der Waals surface area contributed by atoms with E-state index in [1.165, 1.54) is 0 Å². The van der Waals surface area contributed by atoms with E-state index in [2.05, 4.69) is 6.92 Å². The molecule has 0 fully saturated rings. The van der Waals surface area contributed by atoms with E-state index in [1.54, 1.807) is 0 Å². The lowest BCUT2D eigenvalue weighted by Crippen LogP contribution is -1.84. The topological polar surface area (TPSA) is 20.2 Å². The molecule has 0 atom stereocenters. The predicted molar refractivity (Wildman–Crippen MR) is 54.3 cm³/mol. The summed E-state index contributed by atoms with van der Waals surface area (Å²) in [5.41, 5.74) is 0. The van der Waals surface area contributed by atoms with Crippen LogP contribution in [0.5, 0.6) is 0 Å². The molecule has 0 rings (SSSR count). The fourth-order valence-corrected chi connectivity index (χ4v) is 1.14. The molecule has 0 aliphatic carbocycles. The van der Waals surface area contributed by atoms with Crippen molar-refractivity contribution in [2.45, 2.75) is 64.7 Å². The van der Waals surface area contributed by atoms with Gasteiger partial charge in [-0.05, 0) is 6.42 Å². The van der Waals surface area contributed by atoms with Crippen LogP contribution in [0.25, 0.3) is 0 Å². The van der Waals surface area contributed by atoms with Crippen molar-refractivity contribution in [3.63, 3.8) is 0 Å². The summed E-state index contributed by atoms with van der Waals surface area (Å²) in [5.74, 6) is 0. The molecule has 0 aliphatic heterocycles. The third-order valence-electron chi connectivity index (χ3n) is 1.97. The standard InChI is InChI=1S/C11H24O/c1-2-3-4-5-6-7-8-9-10-11-12/h12H,2-11H2,1H3/i5D2. The summed E-state index contributed by atoms with van der Waals surface area (Å²) in [6.45, 7) is 2.36. The highest BCUT2D eigenvalue weighted by Crippen LogP contribution is 2.08. The van der Waals surface area contributed by atoms with Crippen LogP contribution in [0.3, 0.4) is 0 Å². The second-order valence-electron chi connectivity index (χ2n) is 3.24. The van der Waals surface area contributed by atoms with Crippen LogP contribution < -0.4 is 0 Å². The Morgan fingerprint density at radius 2 is 1.50 bits per heavy atom. The number of hydrogen-bond donors (Lipinski definition) is 1. The predicted octanol–water partition coefficient (Wildman–Crippen LogP) is 3.51. The van der Waals surface area contributed by atoms with Gasteiger partial charge in [-0.25, -0.2) is 0 Å². The van der Waals surface area contributed by atoms with E-state index in [1.807, 2.05) is 0 Å². The molecule has 0 bridgehead atoms. The van der Waals surface area contributed by atoms with Gasteiger partial charge in [0.2, 0.25) is 0 Å². The third-order valence-corrected chi connectivity index (χ3v) is 1.97. The van der Waals surface area contributed by atoms with E-state index < -0.39 is 6.37 Å². The Hall–Kier alpha value is -0.0400. The van der Waals surface area contributed by atoms with Crippen LogP contribution in [0.4, 0.5) is 0 Å². The highest BCUT2D eigenvalue weighted by molar-refractivity contribution is 4.45. The lowest BCUT2D eigenvalue weighted by Gasteiger charge is -1.99. The van der Waals surface area contributed by atoms with Crippen molar-refractivity contribution < 1.29 is 7.85 Å². The maximum absolute atomic E-state index is 8.57. The first-order valence-corrected chi connectivity index (χ1v) is 5.23. The van der Waals surface area contributed by atoms with Crippen LogP contribution >= 0.6 is 0 Å². The van der Waals surface area contributed by atoms with Crippen LogP contribution in [0.1, 0.15) is 67.4 Å². The van der Waals surface area contributed by atoms with Crippen LogP contribution in [0.15, 0.2) is 0 Å². The average Bonchev–Trinajstić information content (AvgIpc) is 2.15. The zero-order valence-electron chi connectivity index (χ0n) is 10.3. The molecule has 1 nitrogen and oxygen atoms in total. The Morgan fingerprint density at radius 3 is 2.17 bits per heavy atom. The van der Waals surface area contributed by atoms with Crippen LogP contribution in [-0.4, -0.2) is 11.7 Å². The first-order valence-electron chi connectivity index (χ1n) is 6.23. The second kappa shape index (κ2) is 11.0. The minimum absolute atomic E-state index is 0.267. The van der Waals surface area contributed by atoms with Gasteiger partial charge < -0.3 is 5.11 Å². The van der Waals surface area contributed by atoms with Gasteiger partial charge in [-0.15, -0.1) is 0 Å². The minimum atomic E-state index is -0.963. The van der Waals surface area contributed by atoms with Gasteiger partial charge in [0.15, 0.2) is 0 Å². The van der Waals surface area contributed by atoms with E-state index in [0.29, 0.717) is 12.8 Å². The monoisotopic (exact) mass is 174 g/mol. The van der Waals surface area contributed by atoms with Gasteiger partial charge in [-0.3, -0.25) is 0 Å². The van der Waals surface area contributed by atoms with E-state index in [0.717, 1.165) is 38.5 Å². The molecule has 0 aliphatic rings. The molecule has 0 aromatic heterocycles. The Kier molecular flexibility index (Phi) is 7.81. The van der Waals surface area contributed by atoms with Gasteiger partial charge in [0, 0.05) is 9.35 Å². The Balaban J connectivity index is 3.35. The van der Waals surface area contributed by atoms with Crippen molar-refractivity contribution >= 4 is 0 Å². The van der Waals surface area contributed by atoms with Gasteiger partial charge in [0.1, 0.15) is 0 Å². The van der Waals surface area contributed by atoms with E-state index in [9.17, 15) is 0 Å². The molecule has 0 unspecified atom stereocenters. The second-order valence-corrected chi connectivity index (χ2v) is 3.24. The SMILES string of the molecule is [2H]C([2H])(CCCC)CCCCCCO. The number of rotatable bonds is 9. The van der Waals surface area contributed by atoms with Gasteiger partial charge in [-0.2, -0.15) is 0 Å². The Morgan fingerprint density at radius 1 is 0.917 bits per heavy atom. The maximum atomic E-state index is 8.57. The molecule has 74 valence electrons. The summed E-state index contributed by atoms with van der Waals surface area (Å²) in [4.78, 5) is 0. The molecule has 1 N–H and O–H groups in total. The fraction of sp³-hybridized carbons (Fsp3) is 1.00. The minimum Gasteiger partial charge on any atom is -0.396 e. The number of aliphatic hydroxyl groups excluding tert-OH is 1. The normalized spacial score (nSPS) is 14.2.